The van der Waals surface area contributed by atoms with Crippen molar-refractivity contribution in [2.45, 2.75) is 25.7 Å². The number of benzene rings is 2. The second-order valence-corrected chi connectivity index (χ2v) is 7.49. The molecule has 156 valence electrons. The van der Waals surface area contributed by atoms with Gasteiger partial charge in [-0.15, -0.1) is 0 Å². The van der Waals surface area contributed by atoms with Crippen LogP contribution in [0.3, 0.4) is 0 Å². The molecule has 1 amide bonds. The molecule has 30 heavy (non-hydrogen) atoms. The van der Waals surface area contributed by atoms with Gasteiger partial charge in [-0.2, -0.15) is 4.98 Å². The highest BCUT2D eigenvalue weighted by Crippen LogP contribution is 2.35. The van der Waals surface area contributed by atoms with Crippen molar-refractivity contribution < 1.29 is 18.8 Å². The number of ether oxygens (including phenoxy) is 2. The summed E-state index contributed by atoms with van der Waals surface area (Å²) in [5.74, 6) is 1.99. The Morgan fingerprint density at radius 2 is 2.10 bits per heavy atom. The van der Waals surface area contributed by atoms with E-state index in [4.69, 9.17) is 25.6 Å². The Hall–Kier alpha value is -3.06. The van der Waals surface area contributed by atoms with E-state index in [1.165, 1.54) is 0 Å². The van der Waals surface area contributed by atoms with Gasteiger partial charge in [-0.25, -0.2) is 0 Å². The van der Waals surface area contributed by atoms with Gasteiger partial charge in [-0.05, 0) is 42.8 Å². The van der Waals surface area contributed by atoms with Crippen molar-refractivity contribution in [3.8, 4) is 22.9 Å². The minimum Gasteiger partial charge on any atom is -0.493 e. The van der Waals surface area contributed by atoms with Crippen molar-refractivity contribution in [1.29, 1.82) is 0 Å². The van der Waals surface area contributed by atoms with E-state index in [2.05, 4.69) is 10.1 Å². The number of aromatic nitrogens is 2. The Labute approximate surface area is 179 Å². The largest absolute Gasteiger partial charge is 0.493 e. The summed E-state index contributed by atoms with van der Waals surface area (Å²) in [5, 5.41) is 4.69. The highest BCUT2D eigenvalue weighted by Gasteiger charge is 2.35. The fraction of sp³-hybridized carbons (Fsp3) is 0.318. The highest BCUT2D eigenvalue weighted by molar-refractivity contribution is 6.30. The second-order valence-electron chi connectivity index (χ2n) is 7.06. The Morgan fingerprint density at radius 3 is 2.87 bits per heavy atom. The first kappa shape index (κ1) is 20.2. The number of amides is 1. The molecule has 0 radical (unpaired) electrons. The van der Waals surface area contributed by atoms with Crippen molar-refractivity contribution in [3.63, 3.8) is 0 Å². The minimum absolute atomic E-state index is 0.00103. The molecule has 3 aromatic rings. The Kier molecular flexibility index (Phi) is 5.90. The maximum absolute atomic E-state index is 12.5. The van der Waals surface area contributed by atoms with Crippen LogP contribution in [0.2, 0.25) is 5.02 Å². The first-order valence-corrected chi connectivity index (χ1v) is 10.2. The summed E-state index contributed by atoms with van der Waals surface area (Å²) < 4.78 is 16.6. The van der Waals surface area contributed by atoms with Crippen molar-refractivity contribution in [2.75, 3.05) is 25.2 Å². The number of rotatable bonds is 7. The van der Waals surface area contributed by atoms with Crippen LogP contribution >= 0.6 is 11.6 Å². The molecule has 1 aromatic heterocycles. The summed E-state index contributed by atoms with van der Waals surface area (Å²) in [5.41, 5.74) is 1.52. The molecule has 2 heterocycles. The maximum atomic E-state index is 12.5. The molecule has 2 aromatic carbocycles. The van der Waals surface area contributed by atoms with Crippen LogP contribution < -0.4 is 14.4 Å². The summed E-state index contributed by atoms with van der Waals surface area (Å²) in [6.07, 6.45) is 1.21. The molecule has 4 rings (SSSR count). The molecular weight excluding hydrogens is 406 g/mol. The van der Waals surface area contributed by atoms with Gasteiger partial charge < -0.3 is 18.9 Å². The van der Waals surface area contributed by atoms with Gasteiger partial charge in [0.05, 0.1) is 19.6 Å². The zero-order chi connectivity index (χ0) is 21.1. The van der Waals surface area contributed by atoms with Gasteiger partial charge in [0.2, 0.25) is 17.6 Å². The molecular formula is C22H22ClN3O4. The van der Waals surface area contributed by atoms with E-state index >= 15 is 0 Å². The molecule has 0 bridgehead atoms. The Morgan fingerprint density at radius 1 is 1.23 bits per heavy atom. The van der Waals surface area contributed by atoms with Gasteiger partial charge >= 0.3 is 0 Å². The Bertz CT molecular complexity index is 1050. The number of halogens is 1. The molecule has 1 unspecified atom stereocenters. The number of anilines is 1. The fourth-order valence-corrected chi connectivity index (χ4v) is 3.61. The zero-order valence-electron chi connectivity index (χ0n) is 16.8. The normalized spacial score (nSPS) is 16.2. The van der Waals surface area contributed by atoms with Gasteiger partial charge in [0.15, 0.2) is 11.5 Å². The fourth-order valence-electron chi connectivity index (χ4n) is 3.42. The summed E-state index contributed by atoms with van der Waals surface area (Å²) >= 11 is 6.06. The number of hydrogen-bond acceptors (Lipinski definition) is 6. The average Bonchev–Trinajstić information content (AvgIpc) is 3.39. The van der Waals surface area contributed by atoms with Gasteiger partial charge in [-0.3, -0.25) is 4.79 Å². The predicted octanol–water partition coefficient (Wildman–Crippen LogP) is 4.71. The molecule has 1 aliphatic heterocycles. The van der Waals surface area contributed by atoms with Gasteiger partial charge in [0.25, 0.3) is 0 Å². The lowest BCUT2D eigenvalue weighted by molar-refractivity contribution is -0.117. The van der Waals surface area contributed by atoms with Crippen LogP contribution in [0, 0.1) is 0 Å². The van der Waals surface area contributed by atoms with Crippen molar-refractivity contribution >= 4 is 23.2 Å². The topological polar surface area (TPSA) is 77.7 Å². The minimum atomic E-state index is -0.174. The quantitative estimate of drug-likeness (QED) is 0.543. The van der Waals surface area contributed by atoms with E-state index in [1.807, 2.05) is 37.3 Å². The lowest BCUT2D eigenvalue weighted by Gasteiger charge is -2.16. The second kappa shape index (κ2) is 8.75. The van der Waals surface area contributed by atoms with Gasteiger partial charge in [0.1, 0.15) is 0 Å². The molecule has 1 aliphatic rings. The van der Waals surface area contributed by atoms with Gasteiger partial charge in [0, 0.05) is 29.2 Å². The summed E-state index contributed by atoms with van der Waals surface area (Å²) in [6.45, 7) is 3.12. The zero-order valence-corrected chi connectivity index (χ0v) is 17.6. The van der Waals surface area contributed by atoms with E-state index in [0.717, 1.165) is 17.7 Å². The molecule has 1 saturated heterocycles. The molecule has 7 nitrogen and oxygen atoms in total. The van der Waals surface area contributed by atoms with Crippen LogP contribution in [0.1, 0.15) is 31.6 Å². The van der Waals surface area contributed by atoms with E-state index in [0.29, 0.717) is 47.8 Å². The summed E-state index contributed by atoms with van der Waals surface area (Å²) in [6, 6.07) is 12.7. The number of methoxy groups -OCH3 is 1. The number of carbonyl (C=O) groups excluding carboxylic acids is 1. The molecule has 0 spiro atoms. The predicted molar refractivity (Wildman–Crippen MR) is 113 cm³/mol. The molecule has 0 N–H and O–H groups in total. The lowest BCUT2D eigenvalue weighted by atomic mass is 10.1. The van der Waals surface area contributed by atoms with Crippen LogP contribution in [0.25, 0.3) is 11.4 Å². The van der Waals surface area contributed by atoms with E-state index in [-0.39, 0.29) is 11.8 Å². The molecule has 8 heteroatoms. The molecule has 1 fully saturated rings. The maximum Gasteiger partial charge on any atom is 0.232 e. The number of nitrogens with zero attached hydrogens (tertiary/aromatic N) is 3. The van der Waals surface area contributed by atoms with Crippen LogP contribution in [-0.4, -0.2) is 36.3 Å². The highest BCUT2D eigenvalue weighted by atomic mass is 35.5. The first-order chi connectivity index (χ1) is 14.6. The number of hydrogen-bond donors (Lipinski definition) is 0. The van der Waals surface area contributed by atoms with Crippen LogP contribution in [0.15, 0.2) is 47.0 Å². The van der Waals surface area contributed by atoms with Crippen LogP contribution in [0.4, 0.5) is 5.69 Å². The third kappa shape index (κ3) is 4.11. The standard InChI is InChI=1S/C22H22ClN3O4/c1-3-9-29-18-8-7-14(10-19(18)28-2)21-24-22(30-25-21)15-11-20(27)26(13-15)17-6-4-5-16(23)12-17/h4-8,10,12,15H,3,9,11,13H2,1-2H3. The first-order valence-electron chi connectivity index (χ1n) is 9.79. The molecule has 0 saturated carbocycles. The number of carbonyl (C=O) groups is 1. The molecule has 1 atom stereocenters. The van der Waals surface area contributed by atoms with Crippen LogP contribution in [0.5, 0.6) is 11.5 Å². The summed E-state index contributed by atoms with van der Waals surface area (Å²) in [7, 11) is 1.59. The average molecular weight is 428 g/mol. The van der Waals surface area contributed by atoms with E-state index in [9.17, 15) is 4.79 Å². The van der Waals surface area contributed by atoms with Gasteiger partial charge in [-0.1, -0.05) is 29.7 Å². The van der Waals surface area contributed by atoms with Crippen molar-refractivity contribution in [1.82, 2.24) is 10.1 Å². The summed E-state index contributed by atoms with van der Waals surface area (Å²) in [4.78, 5) is 18.7. The monoisotopic (exact) mass is 427 g/mol. The lowest BCUT2D eigenvalue weighted by Crippen LogP contribution is -2.24. The van der Waals surface area contributed by atoms with Crippen molar-refractivity contribution in [3.05, 3.63) is 53.4 Å². The Balaban J connectivity index is 1.52. The third-order valence-corrected chi connectivity index (χ3v) is 5.15. The van der Waals surface area contributed by atoms with E-state index < -0.39 is 0 Å². The molecule has 0 aliphatic carbocycles. The van der Waals surface area contributed by atoms with Crippen LogP contribution in [-0.2, 0) is 4.79 Å². The SMILES string of the molecule is CCCOc1ccc(-c2noc(C3CC(=O)N(c4cccc(Cl)c4)C3)n2)cc1OC. The van der Waals surface area contributed by atoms with E-state index in [1.54, 1.807) is 24.1 Å². The van der Waals surface area contributed by atoms with Crippen molar-refractivity contribution in [2.24, 2.45) is 0 Å². The smallest absolute Gasteiger partial charge is 0.232 e. The third-order valence-electron chi connectivity index (χ3n) is 4.92.